The molecule has 1 heterocycles. The van der Waals surface area contributed by atoms with Crippen molar-refractivity contribution < 1.29 is 45.7 Å². The first-order valence-electron chi connectivity index (χ1n) is 11.6. The molecular weight excluding hydrogens is 529 g/mol. The number of carbonyl (C=O) groups is 1. The van der Waals surface area contributed by atoms with E-state index in [1.165, 1.54) is 56.6 Å². The molecule has 2 aromatic carbocycles. The molecule has 0 saturated carbocycles. The van der Waals surface area contributed by atoms with Gasteiger partial charge < -0.3 is 24.6 Å². The molecule has 0 bridgehead atoms. The Labute approximate surface area is 218 Å². The maximum Gasteiger partial charge on any atom is 0.416 e. The summed E-state index contributed by atoms with van der Waals surface area (Å²) in [6.07, 6.45) is -3.76. The fourth-order valence-electron chi connectivity index (χ4n) is 3.84. The highest BCUT2D eigenvalue weighted by atomic mass is 32.2. The van der Waals surface area contributed by atoms with Crippen LogP contribution in [0.1, 0.15) is 23.5 Å². The fourth-order valence-corrected chi connectivity index (χ4v) is 5.25. The summed E-state index contributed by atoms with van der Waals surface area (Å²) < 4.78 is 82.5. The number of aliphatic hydroxyl groups excluding tert-OH is 1. The van der Waals surface area contributed by atoms with Crippen LogP contribution in [0, 0.1) is 0 Å². The standard InChI is InChI=1S/C25H29F3N2O7S/c1-29-24(32)22-15-18(17-3-5-19(6-4-17)25(26,27)28)16-23(37-22)36-14-12-30(11-13-31)38(33,34)21-9-7-20(35-2)8-10-21/h3-10,15,18,23,31H,11-14,16H2,1-2H3,(H,29,32)/t18-,23+/m0/s1. The molecule has 3 rings (SSSR count). The molecule has 208 valence electrons. The van der Waals surface area contributed by atoms with Gasteiger partial charge in [-0.2, -0.15) is 17.5 Å². The molecule has 2 aromatic rings. The van der Waals surface area contributed by atoms with Gasteiger partial charge in [0, 0.05) is 32.5 Å². The van der Waals surface area contributed by atoms with Crippen LogP contribution in [0.25, 0.3) is 0 Å². The van der Waals surface area contributed by atoms with Crippen molar-refractivity contribution >= 4 is 15.9 Å². The van der Waals surface area contributed by atoms with Gasteiger partial charge in [-0.25, -0.2) is 8.42 Å². The lowest BCUT2D eigenvalue weighted by Gasteiger charge is -2.30. The lowest BCUT2D eigenvalue weighted by Crippen LogP contribution is -2.38. The van der Waals surface area contributed by atoms with E-state index in [4.69, 9.17) is 14.2 Å². The summed E-state index contributed by atoms with van der Waals surface area (Å²) in [7, 11) is -1.10. The van der Waals surface area contributed by atoms with E-state index in [0.29, 0.717) is 11.3 Å². The molecule has 2 atom stereocenters. The van der Waals surface area contributed by atoms with Gasteiger partial charge in [0.25, 0.3) is 5.91 Å². The number of amides is 1. The Balaban J connectivity index is 1.71. The number of methoxy groups -OCH3 is 1. The molecule has 0 aromatic heterocycles. The largest absolute Gasteiger partial charge is 0.497 e. The van der Waals surface area contributed by atoms with Gasteiger partial charge >= 0.3 is 6.18 Å². The Morgan fingerprint density at radius 2 is 1.79 bits per heavy atom. The Kier molecular flexibility index (Phi) is 9.77. The van der Waals surface area contributed by atoms with Gasteiger partial charge in [-0.3, -0.25) is 4.79 Å². The fraction of sp³-hybridized carbons (Fsp3) is 0.400. The first-order chi connectivity index (χ1) is 18.0. The number of rotatable bonds is 11. The Bertz CT molecular complexity index is 1220. The van der Waals surface area contributed by atoms with Crippen LogP contribution in [0.5, 0.6) is 5.75 Å². The molecule has 0 spiro atoms. The van der Waals surface area contributed by atoms with Crippen LogP contribution in [0.15, 0.2) is 65.3 Å². The molecule has 38 heavy (non-hydrogen) atoms. The second kappa shape index (κ2) is 12.6. The molecule has 0 radical (unpaired) electrons. The number of hydrogen-bond acceptors (Lipinski definition) is 7. The van der Waals surface area contributed by atoms with E-state index in [9.17, 15) is 31.5 Å². The van der Waals surface area contributed by atoms with Crippen LogP contribution in [0.2, 0.25) is 0 Å². The smallest absolute Gasteiger partial charge is 0.416 e. The SMILES string of the molecule is CNC(=O)C1=C[C@H](c2ccc(C(F)(F)F)cc2)C[C@H](OCCN(CCO)S(=O)(=O)c2ccc(OC)cc2)O1. The second-order valence-corrected chi connectivity index (χ2v) is 10.2. The predicted octanol–water partition coefficient (Wildman–Crippen LogP) is 2.87. The molecule has 0 saturated heterocycles. The van der Waals surface area contributed by atoms with Crippen molar-refractivity contribution in [1.82, 2.24) is 9.62 Å². The second-order valence-electron chi connectivity index (χ2n) is 8.29. The molecular formula is C25H29F3N2O7S. The highest BCUT2D eigenvalue weighted by Crippen LogP contribution is 2.34. The number of alkyl halides is 3. The minimum atomic E-state index is -4.48. The van der Waals surface area contributed by atoms with Gasteiger partial charge in [0.05, 0.1) is 30.8 Å². The zero-order valence-electron chi connectivity index (χ0n) is 20.8. The monoisotopic (exact) mass is 558 g/mol. The van der Waals surface area contributed by atoms with E-state index >= 15 is 0 Å². The summed E-state index contributed by atoms with van der Waals surface area (Å²) >= 11 is 0. The van der Waals surface area contributed by atoms with Crippen molar-refractivity contribution in [2.45, 2.75) is 29.7 Å². The number of nitrogens with one attached hydrogen (secondary N) is 1. The van der Waals surface area contributed by atoms with Crippen LogP contribution in [0.3, 0.4) is 0 Å². The number of benzene rings is 2. The van der Waals surface area contributed by atoms with E-state index in [2.05, 4.69) is 5.32 Å². The summed E-state index contributed by atoms with van der Waals surface area (Å²) in [5, 5.41) is 11.8. The number of sulfonamides is 1. The average molecular weight is 559 g/mol. The van der Waals surface area contributed by atoms with Crippen molar-refractivity contribution in [3.63, 3.8) is 0 Å². The average Bonchev–Trinajstić information content (AvgIpc) is 2.91. The molecule has 1 aliphatic heterocycles. The lowest BCUT2D eigenvalue weighted by atomic mass is 9.92. The van der Waals surface area contributed by atoms with Crippen LogP contribution in [-0.2, 0) is 30.5 Å². The molecule has 9 nitrogen and oxygen atoms in total. The number of likely N-dealkylation sites (N-methyl/N-ethyl adjacent to an activating group) is 1. The topological polar surface area (TPSA) is 114 Å². The van der Waals surface area contributed by atoms with Crippen LogP contribution in [0.4, 0.5) is 13.2 Å². The normalized spacial score (nSPS) is 18.0. The molecule has 0 aliphatic carbocycles. The van der Waals surface area contributed by atoms with Crippen molar-refractivity contribution in [3.05, 3.63) is 71.5 Å². The number of allylic oxidation sites excluding steroid dienone is 1. The summed E-state index contributed by atoms with van der Waals surface area (Å²) in [6.45, 7) is -0.866. The third kappa shape index (κ3) is 7.25. The summed E-state index contributed by atoms with van der Waals surface area (Å²) in [6, 6.07) is 10.4. The van der Waals surface area contributed by atoms with Crippen molar-refractivity contribution in [2.75, 3.05) is 40.5 Å². The highest BCUT2D eigenvalue weighted by Gasteiger charge is 2.32. The van der Waals surface area contributed by atoms with Crippen LogP contribution < -0.4 is 10.1 Å². The molecule has 0 unspecified atom stereocenters. The number of nitrogens with zero attached hydrogens (tertiary/aromatic N) is 1. The molecule has 0 fully saturated rings. The van der Waals surface area contributed by atoms with Gasteiger partial charge in [-0.05, 0) is 48.0 Å². The Hall–Kier alpha value is -3.13. The first-order valence-corrected chi connectivity index (χ1v) is 13.1. The summed E-state index contributed by atoms with van der Waals surface area (Å²) in [5.74, 6) is -0.608. The lowest BCUT2D eigenvalue weighted by molar-refractivity contribution is -0.146. The summed E-state index contributed by atoms with van der Waals surface area (Å²) in [4.78, 5) is 12.3. The molecule has 13 heteroatoms. The molecule has 1 amide bonds. The van der Waals surface area contributed by atoms with E-state index in [1.807, 2.05) is 0 Å². The van der Waals surface area contributed by atoms with Crippen LogP contribution in [-0.4, -0.2) is 70.5 Å². The van der Waals surface area contributed by atoms with E-state index < -0.39 is 46.5 Å². The van der Waals surface area contributed by atoms with Crippen molar-refractivity contribution in [1.29, 1.82) is 0 Å². The summed E-state index contributed by atoms with van der Waals surface area (Å²) in [5.41, 5.74) is -0.265. The van der Waals surface area contributed by atoms with Gasteiger partial charge in [0.2, 0.25) is 16.3 Å². The molecule has 2 N–H and O–H groups in total. The third-order valence-electron chi connectivity index (χ3n) is 5.87. The minimum Gasteiger partial charge on any atom is -0.497 e. The number of ether oxygens (including phenoxy) is 3. The van der Waals surface area contributed by atoms with Gasteiger partial charge in [0.15, 0.2) is 5.76 Å². The minimum absolute atomic E-state index is 0.00729. The van der Waals surface area contributed by atoms with Gasteiger partial charge in [0.1, 0.15) is 5.75 Å². The third-order valence-corrected chi connectivity index (χ3v) is 7.78. The number of carbonyl (C=O) groups excluding carboxylic acids is 1. The van der Waals surface area contributed by atoms with Crippen molar-refractivity contribution in [3.8, 4) is 5.75 Å². The first kappa shape index (κ1) is 29.4. The Morgan fingerprint density at radius 3 is 2.34 bits per heavy atom. The number of hydrogen-bond donors (Lipinski definition) is 2. The van der Waals surface area contributed by atoms with Gasteiger partial charge in [-0.15, -0.1) is 0 Å². The van der Waals surface area contributed by atoms with E-state index in [0.717, 1.165) is 16.4 Å². The maximum atomic E-state index is 13.1. The molecule has 1 aliphatic rings. The van der Waals surface area contributed by atoms with E-state index in [-0.39, 0.29) is 36.8 Å². The zero-order valence-corrected chi connectivity index (χ0v) is 21.6. The van der Waals surface area contributed by atoms with E-state index in [1.54, 1.807) is 0 Å². The highest BCUT2D eigenvalue weighted by molar-refractivity contribution is 7.89. The van der Waals surface area contributed by atoms with Crippen molar-refractivity contribution in [2.24, 2.45) is 0 Å². The zero-order chi connectivity index (χ0) is 27.9. The number of halogens is 3. The maximum absolute atomic E-state index is 13.1. The van der Waals surface area contributed by atoms with Crippen LogP contribution >= 0.6 is 0 Å². The number of aliphatic hydroxyl groups is 1. The quantitative estimate of drug-likeness (QED) is 0.436. The van der Waals surface area contributed by atoms with Gasteiger partial charge in [-0.1, -0.05) is 12.1 Å². The predicted molar refractivity (Wildman–Crippen MR) is 131 cm³/mol. The Morgan fingerprint density at radius 1 is 1.13 bits per heavy atom.